The highest BCUT2D eigenvalue weighted by Crippen LogP contribution is 2.18. The SMILES string of the molecule is CNC1CC(C)CCN(CC(C)O)C1=O. The molecular weight excluding hydrogens is 192 g/mol. The molecule has 1 aliphatic rings. The molecule has 0 aromatic carbocycles. The van der Waals surface area contributed by atoms with E-state index in [1.54, 1.807) is 11.8 Å². The summed E-state index contributed by atoms with van der Waals surface area (Å²) in [5.74, 6) is 0.688. The Morgan fingerprint density at radius 1 is 1.67 bits per heavy atom. The Balaban J connectivity index is 2.66. The molecule has 4 nitrogen and oxygen atoms in total. The predicted octanol–water partition coefficient (Wildman–Crippen LogP) is 0.214. The van der Waals surface area contributed by atoms with Gasteiger partial charge in [0.1, 0.15) is 0 Å². The monoisotopic (exact) mass is 214 g/mol. The molecule has 1 fully saturated rings. The zero-order chi connectivity index (χ0) is 11.4. The van der Waals surface area contributed by atoms with E-state index in [0.29, 0.717) is 12.5 Å². The van der Waals surface area contributed by atoms with E-state index in [0.717, 1.165) is 19.4 Å². The van der Waals surface area contributed by atoms with Crippen LogP contribution >= 0.6 is 0 Å². The normalized spacial score (nSPS) is 30.1. The summed E-state index contributed by atoms with van der Waals surface area (Å²) in [4.78, 5) is 13.8. The molecule has 0 aliphatic carbocycles. The lowest BCUT2D eigenvalue weighted by Crippen LogP contribution is -2.46. The summed E-state index contributed by atoms with van der Waals surface area (Å²) < 4.78 is 0. The smallest absolute Gasteiger partial charge is 0.239 e. The van der Waals surface area contributed by atoms with Crippen LogP contribution in [0.5, 0.6) is 0 Å². The van der Waals surface area contributed by atoms with Gasteiger partial charge in [-0.05, 0) is 32.7 Å². The molecule has 15 heavy (non-hydrogen) atoms. The molecule has 0 aromatic heterocycles. The van der Waals surface area contributed by atoms with Crippen molar-refractivity contribution in [2.45, 2.75) is 38.8 Å². The van der Waals surface area contributed by atoms with Crippen molar-refractivity contribution in [1.29, 1.82) is 0 Å². The molecule has 2 N–H and O–H groups in total. The minimum absolute atomic E-state index is 0.0822. The predicted molar refractivity (Wildman–Crippen MR) is 59.5 cm³/mol. The zero-order valence-corrected chi connectivity index (χ0v) is 9.86. The van der Waals surface area contributed by atoms with Gasteiger partial charge in [-0.15, -0.1) is 0 Å². The molecule has 0 spiro atoms. The summed E-state index contributed by atoms with van der Waals surface area (Å²) in [7, 11) is 1.82. The largest absolute Gasteiger partial charge is 0.392 e. The minimum Gasteiger partial charge on any atom is -0.392 e. The maximum Gasteiger partial charge on any atom is 0.239 e. The number of likely N-dealkylation sites (N-methyl/N-ethyl adjacent to an activating group) is 1. The number of β-amino-alcohol motifs (C(OH)–C–C–N with tert-alkyl or cyclic N) is 1. The van der Waals surface area contributed by atoms with Crippen molar-refractivity contribution in [2.75, 3.05) is 20.1 Å². The van der Waals surface area contributed by atoms with E-state index in [2.05, 4.69) is 12.2 Å². The van der Waals surface area contributed by atoms with Gasteiger partial charge < -0.3 is 15.3 Å². The Hall–Kier alpha value is -0.610. The second-order valence-electron chi connectivity index (χ2n) is 4.60. The van der Waals surface area contributed by atoms with Gasteiger partial charge in [0, 0.05) is 13.1 Å². The Labute approximate surface area is 91.6 Å². The Morgan fingerprint density at radius 2 is 2.33 bits per heavy atom. The van der Waals surface area contributed by atoms with Gasteiger partial charge in [0.15, 0.2) is 0 Å². The molecule has 1 saturated heterocycles. The molecule has 88 valence electrons. The maximum atomic E-state index is 12.0. The molecule has 0 aromatic rings. The van der Waals surface area contributed by atoms with Gasteiger partial charge in [-0.25, -0.2) is 0 Å². The van der Waals surface area contributed by atoms with E-state index in [9.17, 15) is 9.90 Å². The van der Waals surface area contributed by atoms with Gasteiger partial charge in [0.05, 0.1) is 12.1 Å². The van der Waals surface area contributed by atoms with Gasteiger partial charge in [-0.1, -0.05) is 6.92 Å². The van der Waals surface area contributed by atoms with Crippen LogP contribution in [0.2, 0.25) is 0 Å². The number of hydrogen-bond acceptors (Lipinski definition) is 3. The topological polar surface area (TPSA) is 52.6 Å². The van der Waals surface area contributed by atoms with Crippen LogP contribution < -0.4 is 5.32 Å². The van der Waals surface area contributed by atoms with E-state index in [1.807, 2.05) is 7.05 Å². The van der Waals surface area contributed by atoms with Crippen LogP contribution in [0.3, 0.4) is 0 Å². The van der Waals surface area contributed by atoms with Crippen molar-refractivity contribution < 1.29 is 9.90 Å². The number of likely N-dealkylation sites (tertiary alicyclic amines) is 1. The summed E-state index contributed by atoms with van der Waals surface area (Å²) in [5.41, 5.74) is 0. The molecule has 1 amide bonds. The van der Waals surface area contributed by atoms with Crippen LogP contribution in [0.25, 0.3) is 0 Å². The average molecular weight is 214 g/mol. The fraction of sp³-hybridized carbons (Fsp3) is 0.909. The minimum atomic E-state index is -0.445. The molecule has 0 saturated carbocycles. The number of carbonyl (C=O) groups excluding carboxylic acids is 1. The van der Waals surface area contributed by atoms with E-state index in [4.69, 9.17) is 0 Å². The van der Waals surface area contributed by atoms with Gasteiger partial charge in [0.25, 0.3) is 0 Å². The number of aliphatic hydroxyl groups is 1. The van der Waals surface area contributed by atoms with Crippen molar-refractivity contribution in [3.05, 3.63) is 0 Å². The highest BCUT2D eigenvalue weighted by Gasteiger charge is 2.28. The van der Waals surface area contributed by atoms with Crippen molar-refractivity contribution in [1.82, 2.24) is 10.2 Å². The van der Waals surface area contributed by atoms with Gasteiger partial charge in [0.2, 0.25) is 5.91 Å². The Morgan fingerprint density at radius 3 is 2.87 bits per heavy atom. The van der Waals surface area contributed by atoms with E-state index in [-0.39, 0.29) is 11.9 Å². The van der Waals surface area contributed by atoms with Crippen molar-refractivity contribution in [3.63, 3.8) is 0 Å². The van der Waals surface area contributed by atoms with Crippen LogP contribution in [0.15, 0.2) is 0 Å². The summed E-state index contributed by atoms with van der Waals surface area (Å²) in [6.07, 6.45) is 1.47. The summed E-state index contributed by atoms with van der Waals surface area (Å²) in [6, 6.07) is -0.0822. The van der Waals surface area contributed by atoms with Gasteiger partial charge in [-0.3, -0.25) is 4.79 Å². The van der Waals surface area contributed by atoms with Gasteiger partial charge >= 0.3 is 0 Å². The van der Waals surface area contributed by atoms with E-state index < -0.39 is 6.10 Å². The number of hydrogen-bond donors (Lipinski definition) is 2. The molecule has 1 heterocycles. The molecule has 1 rings (SSSR count). The van der Waals surface area contributed by atoms with Crippen LogP contribution in [0, 0.1) is 5.92 Å². The Bertz CT molecular complexity index is 219. The number of nitrogens with zero attached hydrogens (tertiary/aromatic N) is 1. The zero-order valence-electron chi connectivity index (χ0n) is 9.86. The lowest BCUT2D eigenvalue weighted by atomic mass is 10.0. The summed E-state index contributed by atoms with van der Waals surface area (Å²) in [5, 5.41) is 12.4. The number of carbonyl (C=O) groups is 1. The Kier molecular flexibility index (Phi) is 4.54. The molecule has 3 unspecified atom stereocenters. The van der Waals surface area contributed by atoms with E-state index >= 15 is 0 Å². The first kappa shape index (κ1) is 12.5. The lowest BCUT2D eigenvalue weighted by molar-refractivity contribution is -0.134. The average Bonchev–Trinajstić information content (AvgIpc) is 2.30. The van der Waals surface area contributed by atoms with Crippen molar-refractivity contribution in [2.24, 2.45) is 5.92 Å². The fourth-order valence-electron chi connectivity index (χ4n) is 2.07. The third-order valence-corrected chi connectivity index (χ3v) is 2.97. The quantitative estimate of drug-likeness (QED) is 0.706. The van der Waals surface area contributed by atoms with Crippen LogP contribution in [0.4, 0.5) is 0 Å². The third-order valence-electron chi connectivity index (χ3n) is 2.97. The first-order valence-corrected chi connectivity index (χ1v) is 5.68. The molecular formula is C11H22N2O2. The second kappa shape index (κ2) is 5.47. The number of nitrogens with one attached hydrogen (secondary N) is 1. The van der Waals surface area contributed by atoms with Gasteiger partial charge in [-0.2, -0.15) is 0 Å². The first-order chi connectivity index (χ1) is 7.04. The molecule has 0 radical (unpaired) electrons. The number of aliphatic hydroxyl groups excluding tert-OH is 1. The second-order valence-corrected chi connectivity index (χ2v) is 4.60. The summed E-state index contributed by atoms with van der Waals surface area (Å²) >= 11 is 0. The van der Waals surface area contributed by atoms with Crippen LogP contribution in [-0.4, -0.2) is 48.2 Å². The van der Waals surface area contributed by atoms with E-state index in [1.165, 1.54) is 0 Å². The summed E-state index contributed by atoms with van der Waals surface area (Å²) in [6.45, 7) is 5.10. The maximum absolute atomic E-state index is 12.0. The van der Waals surface area contributed by atoms with Crippen molar-refractivity contribution in [3.8, 4) is 0 Å². The standard InChI is InChI=1S/C11H22N2O2/c1-8-4-5-13(7-9(2)14)11(15)10(6-8)12-3/h8-10,12,14H,4-7H2,1-3H3. The highest BCUT2D eigenvalue weighted by atomic mass is 16.3. The molecule has 4 heteroatoms. The third kappa shape index (κ3) is 3.47. The number of rotatable bonds is 3. The van der Waals surface area contributed by atoms with Crippen LogP contribution in [0.1, 0.15) is 26.7 Å². The fourth-order valence-corrected chi connectivity index (χ4v) is 2.07. The molecule has 0 bridgehead atoms. The number of amides is 1. The first-order valence-electron chi connectivity index (χ1n) is 5.68. The molecule has 1 aliphatic heterocycles. The highest BCUT2D eigenvalue weighted by molar-refractivity contribution is 5.82. The van der Waals surface area contributed by atoms with Crippen molar-refractivity contribution >= 4 is 5.91 Å². The molecule has 3 atom stereocenters. The lowest BCUT2D eigenvalue weighted by Gasteiger charge is -2.25. The van der Waals surface area contributed by atoms with Crippen LogP contribution in [-0.2, 0) is 4.79 Å².